The van der Waals surface area contributed by atoms with Crippen LogP contribution < -0.4 is 0 Å². The second kappa shape index (κ2) is 2.11. The van der Waals surface area contributed by atoms with Crippen LogP contribution in [-0.4, -0.2) is 5.21 Å². The lowest BCUT2D eigenvalue weighted by Crippen LogP contribution is -1.26. The first-order valence-corrected chi connectivity index (χ1v) is 0.583. The molecule has 0 rings (SSSR count). The van der Waals surface area contributed by atoms with Crippen molar-refractivity contribution in [1.82, 2.24) is 0 Å². The van der Waals surface area contributed by atoms with Crippen molar-refractivity contribution in [3.05, 3.63) is 10.4 Å². The molecular weight excluding hydrogens is 58.0 g/mol. The van der Waals surface area contributed by atoms with Gasteiger partial charge in [0.1, 0.15) is 5.28 Å². The number of rotatable bonds is 1. The minimum Gasteiger partial charge on any atom is -0.449 e. The summed E-state index contributed by atoms with van der Waals surface area (Å²) in [5.41, 5.74) is 7.28. The molecule has 0 aromatic carbocycles. The highest BCUT2D eigenvalue weighted by molar-refractivity contribution is 4.25. The Morgan fingerprint density at radius 2 is 3.25 bits per heavy atom. The maximum absolute atomic E-state index is 7.28. The molecule has 4 heavy (non-hydrogen) atoms. The van der Waals surface area contributed by atoms with E-state index >= 15 is 0 Å². The Morgan fingerprint density at radius 3 is 3.25 bits per heavy atom. The van der Waals surface area contributed by atoms with Gasteiger partial charge in [0.25, 0.3) is 0 Å². The highest BCUT2D eigenvalue weighted by atomic mass is 16.4. The van der Waals surface area contributed by atoms with Crippen LogP contribution in [0.5, 0.6) is 0 Å². The average Bonchev–Trinajstić information content (AvgIpc) is 1.41. The molecule has 22 valence electrons. The van der Waals surface area contributed by atoms with Gasteiger partial charge in [0, 0.05) is 4.91 Å². The highest BCUT2D eigenvalue weighted by Gasteiger charge is 1.28. The van der Waals surface area contributed by atoms with Gasteiger partial charge in [0.2, 0.25) is 0 Å². The summed E-state index contributed by atoms with van der Waals surface area (Å²) in [6.07, 6.45) is 0. The lowest BCUT2D eigenvalue weighted by molar-refractivity contribution is 0.310. The van der Waals surface area contributed by atoms with E-state index in [0.29, 0.717) is 0 Å². The van der Waals surface area contributed by atoms with Gasteiger partial charge in [-0.2, -0.15) is 0 Å². The molecule has 0 spiro atoms. The molecule has 0 unspecified atom stereocenters. The van der Waals surface area contributed by atoms with Gasteiger partial charge in [0.15, 0.2) is 0 Å². The van der Waals surface area contributed by atoms with Gasteiger partial charge in [-0.1, -0.05) is 0 Å². The van der Waals surface area contributed by atoms with Gasteiger partial charge in [-0.25, -0.2) is 0 Å². The second-order valence-corrected chi connectivity index (χ2v) is 0.171. The molecule has 4 heteroatoms. The third kappa shape index (κ3) is 1.11. The summed E-state index contributed by atoms with van der Waals surface area (Å²) in [6.45, 7) is 0. The first-order chi connectivity index (χ1) is 2.41. The van der Waals surface area contributed by atoms with E-state index in [1.165, 1.54) is 0 Å². The number of hydrogen-bond acceptors (Lipinski definition) is 2. The third-order valence-corrected chi connectivity index (χ3v) is 0.0365. The smallest absolute Gasteiger partial charge is 0.303 e. The number of hydrogen-bond donors (Lipinski definition) is 1. The van der Waals surface area contributed by atoms with Crippen LogP contribution in [0.25, 0.3) is 10.4 Å². The van der Waals surface area contributed by atoms with Gasteiger partial charge < -0.3 is 5.21 Å². The van der Waals surface area contributed by atoms with Crippen molar-refractivity contribution < 1.29 is 6.64 Å². The van der Waals surface area contributed by atoms with Crippen LogP contribution in [0.1, 0.15) is 0 Å². The van der Waals surface area contributed by atoms with Crippen molar-refractivity contribution in [3.63, 3.8) is 0 Å². The zero-order chi connectivity index (χ0) is 4.12. The van der Waals surface area contributed by atoms with Crippen LogP contribution in [0, 0.1) is 0 Å². The topological polar surface area (TPSA) is 69.0 Å². The summed E-state index contributed by atoms with van der Waals surface area (Å²) in [5, 5.41) is 5.47. The van der Waals surface area contributed by atoms with E-state index in [2.05, 4.69) is 15.4 Å². The first-order valence-electron chi connectivity index (χ1n) is 0.991. The summed E-state index contributed by atoms with van der Waals surface area (Å²) in [6, 6.07) is 0. The Morgan fingerprint density at radius 1 is 2.50 bits per heavy atom. The van der Waals surface area contributed by atoms with Gasteiger partial charge in [0.05, 0.1) is 0 Å². The Balaban J connectivity index is 2.93. The molecule has 0 heterocycles. The minimum atomic E-state index is 2.07. The molecule has 0 aliphatic carbocycles. The van der Waals surface area contributed by atoms with E-state index in [1.54, 1.807) is 0 Å². The highest BCUT2D eigenvalue weighted by Crippen LogP contribution is 1.45. The molecule has 0 aliphatic heterocycles. The molecule has 0 aliphatic rings. The molecule has 0 bridgehead atoms. The Bertz CT molecular complexity index is 53.9. The fraction of sp³-hybridized carbons (Fsp3) is 0. The molecular formula is HN3O. The van der Waals surface area contributed by atoms with E-state index in [4.69, 9.17) is 6.96 Å². The molecule has 4 nitrogen and oxygen atoms in total. The standard InChI is InChI=1S/HN3O/c1-2-3-4/h4H/i/hD. The molecule has 0 fully saturated rings. The van der Waals surface area contributed by atoms with Crippen molar-refractivity contribution in [2.75, 3.05) is 0 Å². The second-order valence-electron chi connectivity index (χ2n) is 0.171. The van der Waals surface area contributed by atoms with Crippen LogP contribution in [0.15, 0.2) is 5.28 Å². The average molecular weight is 60.0 g/mol. The summed E-state index contributed by atoms with van der Waals surface area (Å²) in [7, 11) is 0. The van der Waals surface area contributed by atoms with Crippen molar-refractivity contribution in [2.45, 2.75) is 0 Å². The van der Waals surface area contributed by atoms with Gasteiger partial charge in [-0.05, 0) is 5.53 Å². The Hall–Kier alpha value is -0.890. The molecule has 0 amide bonds. The largest absolute Gasteiger partial charge is 0.449 e. The fourth-order valence-electron chi connectivity index (χ4n) is 0. The summed E-state index contributed by atoms with van der Waals surface area (Å²) in [4.78, 5) is 2.07. The Labute approximate surface area is 23.7 Å². The summed E-state index contributed by atoms with van der Waals surface area (Å²) in [5.74, 6) is 0. The van der Waals surface area contributed by atoms with Gasteiger partial charge in [-0.15, -0.1) is 0 Å². The maximum atomic E-state index is 7.28. The predicted octanol–water partition coefficient (Wildman–Crippen LogP) is 0.686. The predicted molar refractivity (Wildman–Crippen MR) is 10.9 cm³/mol. The first kappa shape index (κ1) is 1.43. The van der Waals surface area contributed by atoms with Crippen LogP contribution in [-0.2, 0) is 0 Å². The molecule has 0 atom stereocenters. The van der Waals surface area contributed by atoms with E-state index in [0.717, 1.165) is 0 Å². The molecule has 1 N–H and O–H groups in total. The van der Waals surface area contributed by atoms with Crippen LogP contribution in [0.4, 0.5) is 0 Å². The normalized spacial score (nSPS) is 6.50. The minimum absolute atomic E-state index is 2.07. The summed E-state index contributed by atoms with van der Waals surface area (Å²) < 4.78 is 5.68. The number of azide groups is 1. The maximum Gasteiger partial charge on any atom is 0.303 e. The summed E-state index contributed by atoms with van der Waals surface area (Å²) >= 11 is 0. The van der Waals surface area contributed by atoms with Crippen molar-refractivity contribution >= 4 is 0 Å². The van der Waals surface area contributed by atoms with Gasteiger partial charge in [-0.3, -0.25) is 0 Å². The lowest BCUT2D eigenvalue weighted by Gasteiger charge is -1.40. The van der Waals surface area contributed by atoms with Crippen LogP contribution in [0.3, 0.4) is 0 Å². The van der Waals surface area contributed by atoms with E-state index in [1.807, 2.05) is 0 Å². The molecule has 0 saturated heterocycles. The Kier molecular flexibility index (Phi) is 0.755. The number of nitrogens with zero attached hydrogens (tertiary/aromatic N) is 3. The molecule has 0 aromatic rings. The quantitative estimate of drug-likeness (QED) is 0.205. The van der Waals surface area contributed by atoms with Crippen molar-refractivity contribution in [3.8, 4) is 0 Å². The monoisotopic (exact) mass is 60.0 g/mol. The molecule has 0 radical (unpaired) electrons. The van der Waals surface area contributed by atoms with Crippen LogP contribution in [0.2, 0.25) is 1.43 Å². The van der Waals surface area contributed by atoms with Crippen molar-refractivity contribution in [2.24, 2.45) is 5.28 Å². The lowest BCUT2D eigenvalue weighted by atomic mass is 12.9. The SMILES string of the molecule is [2H]ON=[N+]=[N-]. The zero-order valence-corrected chi connectivity index (χ0v) is 1.75. The zero-order valence-electron chi connectivity index (χ0n) is 2.75. The van der Waals surface area contributed by atoms with E-state index in [-0.39, 0.29) is 0 Å². The molecule has 0 aromatic heterocycles. The van der Waals surface area contributed by atoms with Crippen LogP contribution >= 0.6 is 0 Å². The van der Waals surface area contributed by atoms with E-state index < -0.39 is 0 Å². The van der Waals surface area contributed by atoms with E-state index in [9.17, 15) is 0 Å². The fourth-order valence-corrected chi connectivity index (χ4v) is 0. The third-order valence-electron chi connectivity index (χ3n) is 0.0365. The van der Waals surface area contributed by atoms with Crippen molar-refractivity contribution in [1.29, 1.82) is 0 Å². The van der Waals surface area contributed by atoms with Gasteiger partial charge >= 0.3 is 1.43 Å². The molecule has 0 saturated carbocycles.